The molecule has 1 saturated carbocycles. The number of rotatable bonds is 6. The molecule has 2 atom stereocenters. The van der Waals surface area contributed by atoms with Crippen molar-refractivity contribution in [1.82, 2.24) is 4.90 Å². The second-order valence-corrected chi connectivity index (χ2v) is 10.6. The molecule has 2 aromatic carbocycles. The predicted octanol–water partition coefficient (Wildman–Crippen LogP) is 7.24. The third-order valence-corrected chi connectivity index (χ3v) is 7.98. The smallest absolute Gasteiger partial charge is 0.174 e. The second-order valence-electron chi connectivity index (χ2n) is 10.2. The third-order valence-electron chi connectivity index (χ3n) is 7.65. The molecule has 0 aromatic heterocycles. The molecule has 0 radical (unpaired) electrons. The molecule has 2 aliphatic rings. The minimum atomic E-state index is 0.496. The Morgan fingerprint density at radius 3 is 2.58 bits per heavy atom. The van der Waals surface area contributed by atoms with E-state index < -0.39 is 0 Å². The maximum atomic E-state index is 6.09. The number of aryl methyl sites for hydroxylation is 3. The molecule has 4 rings (SSSR count). The zero-order chi connectivity index (χ0) is 23.4. The predicted molar refractivity (Wildman–Crippen MR) is 146 cm³/mol. The number of anilines is 2. The number of fused-ring (bicyclic) bond motifs is 1. The molecule has 0 unspecified atom stereocenters. The average Bonchev–Trinajstić information content (AvgIpc) is 2.81. The van der Waals surface area contributed by atoms with E-state index in [2.05, 4.69) is 79.2 Å². The molecule has 1 aliphatic heterocycles. The number of benzene rings is 2. The Morgan fingerprint density at radius 2 is 1.85 bits per heavy atom. The summed E-state index contributed by atoms with van der Waals surface area (Å²) >= 11 is 6.09. The summed E-state index contributed by atoms with van der Waals surface area (Å²) in [6, 6.07) is 14.1. The first-order valence-corrected chi connectivity index (χ1v) is 13.4. The first-order valence-electron chi connectivity index (χ1n) is 13.0. The van der Waals surface area contributed by atoms with E-state index in [1.54, 1.807) is 0 Å². The number of hydrogen-bond donors (Lipinski definition) is 1. The normalized spacial score (nSPS) is 20.3. The molecule has 0 spiro atoms. The Balaban J connectivity index is 1.60. The van der Waals surface area contributed by atoms with Gasteiger partial charge in [0.15, 0.2) is 5.11 Å². The lowest BCUT2D eigenvalue weighted by molar-refractivity contribution is 0.177. The highest BCUT2D eigenvalue weighted by Crippen LogP contribution is 2.32. The lowest BCUT2D eigenvalue weighted by atomic mass is 9.84. The van der Waals surface area contributed by atoms with Crippen LogP contribution in [0, 0.1) is 19.8 Å². The summed E-state index contributed by atoms with van der Waals surface area (Å²) in [6.07, 6.45) is 8.81. The molecule has 0 amide bonds. The van der Waals surface area contributed by atoms with Crippen molar-refractivity contribution in [3.05, 3.63) is 58.7 Å². The van der Waals surface area contributed by atoms with E-state index in [-0.39, 0.29) is 0 Å². The minimum Gasteiger partial charge on any atom is -0.371 e. The highest BCUT2D eigenvalue weighted by Gasteiger charge is 2.29. The van der Waals surface area contributed by atoms with Gasteiger partial charge in [-0.15, -0.1) is 0 Å². The van der Waals surface area contributed by atoms with Gasteiger partial charge in [-0.25, -0.2) is 0 Å². The van der Waals surface area contributed by atoms with Gasteiger partial charge in [-0.2, -0.15) is 0 Å². The van der Waals surface area contributed by atoms with Crippen LogP contribution in [-0.4, -0.2) is 29.1 Å². The first kappa shape index (κ1) is 24.1. The number of hydrogen-bond acceptors (Lipinski definition) is 2. The van der Waals surface area contributed by atoms with Crippen molar-refractivity contribution in [2.75, 3.05) is 23.3 Å². The van der Waals surface area contributed by atoms with Gasteiger partial charge in [-0.1, -0.05) is 57.0 Å². The van der Waals surface area contributed by atoms with E-state index >= 15 is 0 Å². The summed E-state index contributed by atoms with van der Waals surface area (Å²) in [7, 11) is 0. The molecule has 1 fully saturated rings. The second kappa shape index (κ2) is 10.9. The maximum absolute atomic E-state index is 6.09. The van der Waals surface area contributed by atoms with E-state index in [4.69, 9.17) is 12.2 Å². The van der Waals surface area contributed by atoms with Gasteiger partial charge in [-0.05, 0) is 92.4 Å². The van der Waals surface area contributed by atoms with E-state index in [0.717, 1.165) is 23.9 Å². The molecule has 33 heavy (non-hydrogen) atoms. The van der Waals surface area contributed by atoms with Crippen LogP contribution in [0.25, 0.3) is 0 Å². The zero-order valence-electron chi connectivity index (χ0n) is 21.0. The fourth-order valence-electron chi connectivity index (χ4n) is 5.82. The molecular weight excluding hydrogens is 422 g/mol. The van der Waals surface area contributed by atoms with Crippen LogP contribution in [0.1, 0.15) is 74.6 Å². The summed E-state index contributed by atoms with van der Waals surface area (Å²) in [5.41, 5.74) is 8.00. The van der Waals surface area contributed by atoms with E-state index in [1.807, 2.05) is 0 Å². The van der Waals surface area contributed by atoms with Crippen molar-refractivity contribution in [1.29, 1.82) is 0 Å². The van der Waals surface area contributed by atoms with Gasteiger partial charge in [0, 0.05) is 37.1 Å². The number of para-hydroxylation sites is 1. The third kappa shape index (κ3) is 5.54. The Morgan fingerprint density at radius 1 is 1.09 bits per heavy atom. The Kier molecular flexibility index (Phi) is 7.95. The average molecular weight is 464 g/mol. The van der Waals surface area contributed by atoms with Crippen LogP contribution in [0.5, 0.6) is 0 Å². The highest BCUT2D eigenvalue weighted by atomic mass is 32.1. The number of nitrogens with one attached hydrogen (secondary N) is 1. The van der Waals surface area contributed by atoms with Crippen LogP contribution in [0.2, 0.25) is 0 Å². The fourth-order valence-corrected chi connectivity index (χ4v) is 6.12. The van der Waals surface area contributed by atoms with Crippen LogP contribution in [-0.2, 0) is 13.0 Å². The number of nitrogens with zero attached hydrogens (tertiary/aromatic N) is 2. The molecule has 0 saturated heterocycles. The molecule has 3 nitrogen and oxygen atoms in total. The minimum absolute atomic E-state index is 0.496. The van der Waals surface area contributed by atoms with Gasteiger partial charge >= 0.3 is 0 Å². The van der Waals surface area contributed by atoms with Crippen molar-refractivity contribution >= 4 is 28.7 Å². The molecule has 1 heterocycles. The van der Waals surface area contributed by atoms with Gasteiger partial charge in [0.05, 0.1) is 0 Å². The monoisotopic (exact) mass is 463 g/mol. The lowest BCUT2D eigenvalue weighted by Crippen LogP contribution is -2.46. The standard InChI is InChI=1S/C29H41N3S/c1-5-17-31-18-9-13-25-19-24(15-16-27(25)31)20-32(26-14-7-6-10-21(26)2)29(33)30-28-22(3)11-8-12-23(28)4/h8,11-12,15-16,19,21,26H,5-7,9-10,13-14,17-18,20H2,1-4H3,(H,30,33)/t21-,26+/m0/s1. The molecule has 2 aromatic rings. The highest BCUT2D eigenvalue weighted by molar-refractivity contribution is 7.80. The molecule has 1 aliphatic carbocycles. The van der Waals surface area contributed by atoms with Gasteiger partial charge in [-0.3, -0.25) is 0 Å². The summed E-state index contributed by atoms with van der Waals surface area (Å²) < 4.78 is 0. The Bertz CT molecular complexity index is 949. The largest absolute Gasteiger partial charge is 0.371 e. The molecule has 1 N–H and O–H groups in total. The van der Waals surface area contributed by atoms with E-state index in [9.17, 15) is 0 Å². The topological polar surface area (TPSA) is 18.5 Å². The fraction of sp³-hybridized carbons (Fsp3) is 0.552. The Labute approximate surface area is 206 Å². The maximum Gasteiger partial charge on any atom is 0.174 e. The van der Waals surface area contributed by atoms with E-state index in [0.29, 0.717) is 12.0 Å². The molecule has 178 valence electrons. The SMILES string of the molecule is CCCN1CCCc2cc(CN(C(=S)Nc3c(C)cccc3C)[C@@H]3CCCC[C@@H]3C)ccc21. The van der Waals surface area contributed by atoms with Gasteiger partial charge in [0.25, 0.3) is 0 Å². The van der Waals surface area contributed by atoms with Crippen LogP contribution < -0.4 is 10.2 Å². The van der Waals surface area contributed by atoms with Crippen LogP contribution in [0.15, 0.2) is 36.4 Å². The zero-order valence-corrected chi connectivity index (χ0v) is 21.8. The Hall–Kier alpha value is -2.07. The first-order chi connectivity index (χ1) is 16.0. The van der Waals surface area contributed by atoms with Gasteiger partial charge in [0.1, 0.15) is 0 Å². The van der Waals surface area contributed by atoms with Crippen molar-refractivity contribution in [3.8, 4) is 0 Å². The van der Waals surface area contributed by atoms with Crippen LogP contribution in [0.3, 0.4) is 0 Å². The van der Waals surface area contributed by atoms with Crippen molar-refractivity contribution in [2.24, 2.45) is 5.92 Å². The van der Waals surface area contributed by atoms with Gasteiger partial charge in [0.2, 0.25) is 0 Å². The number of thiocarbonyl (C=S) groups is 1. The van der Waals surface area contributed by atoms with Crippen LogP contribution >= 0.6 is 12.2 Å². The quantitative estimate of drug-likeness (QED) is 0.455. The summed E-state index contributed by atoms with van der Waals surface area (Å²) in [4.78, 5) is 5.07. The molecule has 0 bridgehead atoms. The lowest BCUT2D eigenvalue weighted by Gasteiger charge is -2.41. The van der Waals surface area contributed by atoms with E-state index in [1.165, 1.54) is 79.4 Å². The summed E-state index contributed by atoms with van der Waals surface area (Å²) in [6.45, 7) is 12.2. The van der Waals surface area contributed by atoms with Crippen molar-refractivity contribution in [3.63, 3.8) is 0 Å². The van der Waals surface area contributed by atoms with Crippen molar-refractivity contribution in [2.45, 2.75) is 85.2 Å². The molecule has 4 heteroatoms. The molecular formula is C29H41N3S. The van der Waals surface area contributed by atoms with Crippen molar-refractivity contribution < 1.29 is 0 Å². The van der Waals surface area contributed by atoms with Gasteiger partial charge < -0.3 is 15.1 Å². The summed E-state index contributed by atoms with van der Waals surface area (Å²) in [5.74, 6) is 0.661. The summed E-state index contributed by atoms with van der Waals surface area (Å²) in [5, 5.41) is 4.52. The van der Waals surface area contributed by atoms with Crippen LogP contribution in [0.4, 0.5) is 11.4 Å².